The number of ketones is 1. The van der Waals surface area contributed by atoms with Gasteiger partial charge in [-0.1, -0.05) is 30.3 Å². The lowest BCUT2D eigenvalue weighted by molar-refractivity contribution is 0.101. The molecule has 0 bridgehead atoms. The first-order valence-electron chi connectivity index (χ1n) is 5.14. The van der Waals surface area contributed by atoms with Gasteiger partial charge < -0.3 is 5.73 Å². The predicted molar refractivity (Wildman–Crippen MR) is 73.5 cm³/mol. The SMILES string of the molecule is CC(=O)c1ccc(N)c(-c2ccccc2)c1.Cl. The normalized spacial score (nSPS) is 9.47. The maximum atomic E-state index is 11.3. The zero-order chi connectivity index (χ0) is 11.5. The second-order valence-electron chi connectivity index (χ2n) is 3.72. The average Bonchev–Trinajstić information content (AvgIpc) is 2.30. The van der Waals surface area contributed by atoms with Crippen LogP contribution in [0.4, 0.5) is 5.69 Å². The second-order valence-corrected chi connectivity index (χ2v) is 3.72. The van der Waals surface area contributed by atoms with Gasteiger partial charge in [-0.05, 0) is 30.7 Å². The minimum atomic E-state index is 0. The van der Waals surface area contributed by atoms with Gasteiger partial charge in [-0.2, -0.15) is 0 Å². The molecule has 0 heterocycles. The van der Waals surface area contributed by atoms with Crippen LogP contribution in [0.15, 0.2) is 48.5 Å². The van der Waals surface area contributed by atoms with E-state index in [4.69, 9.17) is 5.73 Å². The summed E-state index contributed by atoms with van der Waals surface area (Å²) in [4.78, 5) is 11.3. The fourth-order valence-corrected chi connectivity index (χ4v) is 1.64. The van der Waals surface area contributed by atoms with Crippen molar-refractivity contribution in [2.24, 2.45) is 0 Å². The quantitative estimate of drug-likeness (QED) is 0.651. The summed E-state index contributed by atoms with van der Waals surface area (Å²) in [6.45, 7) is 1.56. The van der Waals surface area contributed by atoms with Crippen LogP contribution >= 0.6 is 12.4 Å². The van der Waals surface area contributed by atoms with E-state index in [0.717, 1.165) is 11.1 Å². The van der Waals surface area contributed by atoms with Crippen LogP contribution < -0.4 is 5.73 Å². The lowest BCUT2D eigenvalue weighted by Crippen LogP contribution is -1.96. The van der Waals surface area contributed by atoms with E-state index >= 15 is 0 Å². The van der Waals surface area contributed by atoms with Crippen LogP contribution in [0, 0.1) is 0 Å². The number of Topliss-reactive ketones (excluding diaryl/α,β-unsaturated/α-hetero) is 1. The number of nitrogens with two attached hydrogens (primary N) is 1. The van der Waals surface area contributed by atoms with Crippen molar-refractivity contribution in [3.05, 3.63) is 54.1 Å². The van der Waals surface area contributed by atoms with Crippen molar-refractivity contribution in [2.75, 3.05) is 5.73 Å². The van der Waals surface area contributed by atoms with Crippen molar-refractivity contribution >= 4 is 23.9 Å². The first-order chi connectivity index (χ1) is 7.68. The molecule has 0 aliphatic heterocycles. The van der Waals surface area contributed by atoms with Gasteiger partial charge in [0.1, 0.15) is 0 Å². The molecule has 88 valence electrons. The van der Waals surface area contributed by atoms with Crippen molar-refractivity contribution in [2.45, 2.75) is 6.92 Å². The number of benzene rings is 2. The van der Waals surface area contributed by atoms with Crippen LogP contribution in [-0.4, -0.2) is 5.78 Å². The Morgan fingerprint density at radius 1 is 1.06 bits per heavy atom. The van der Waals surface area contributed by atoms with E-state index in [-0.39, 0.29) is 18.2 Å². The van der Waals surface area contributed by atoms with Gasteiger partial charge in [0.25, 0.3) is 0 Å². The van der Waals surface area contributed by atoms with E-state index in [0.29, 0.717) is 11.3 Å². The van der Waals surface area contributed by atoms with Crippen LogP contribution in [0.3, 0.4) is 0 Å². The third-order valence-corrected chi connectivity index (χ3v) is 2.54. The molecule has 0 aliphatic rings. The Balaban J connectivity index is 0.00000144. The molecule has 0 saturated carbocycles. The predicted octanol–water partition coefficient (Wildman–Crippen LogP) is 3.56. The Morgan fingerprint density at radius 3 is 2.29 bits per heavy atom. The van der Waals surface area contributed by atoms with E-state index in [9.17, 15) is 4.79 Å². The van der Waals surface area contributed by atoms with Crippen molar-refractivity contribution in [1.82, 2.24) is 0 Å². The molecule has 2 rings (SSSR count). The van der Waals surface area contributed by atoms with Crippen molar-refractivity contribution < 1.29 is 4.79 Å². The highest BCUT2D eigenvalue weighted by Crippen LogP contribution is 2.26. The summed E-state index contributed by atoms with van der Waals surface area (Å²) in [5, 5.41) is 0. The number of anilines is 1. The fraction of sp³-hybridized carbons (Fsp3) is 0.0714. The molecule has 3 heteroatoms. The average molecular weight is 248 g/mol. The third-order valence-electron chi connectivity index (χ3n) is 2.54. The van der Waals surface area contributed by atoms with Crippen LogP contribution in [0.2, 0.25) is 0 Å². The second kappa shape index (κ2) is 5.51. The molecule has 0 aliphatic carbocycles. The molecule has 2 aromatic carbocycles. The minimum Gasteiger partial charge on any atom is -0.398 e. The summed E-state index contributed by atoms with van der Waals surface area (Å²) in [6, 6.07) is 15.2. The molecule has 0 unspecified atom stereocenters. The highest BCUT2D eigenvalue weighted by atomic mass is 35.5. The van der Waals surface area contributed by atoms with Crippen LogP contribution in [0.1, 0.15) is 17.3 Å². The molecule has 0 fully saturated rings. The molecule has 2 aromatic rings. The molecule has 0 saturated heterocycles. The Labute approximate surface area is 107 Å². The Morgan fingerprint density at radius 2 is 1.71 bits per heavy atom. The highest BCUT2D eigenvalue weighted by Gasteiger charge is 2.05. The minimum absolute atomic E-state index is 0. The first-order valence-corrected chi connectivity index (χ1v) is 5.14. The number of nitrogen functional groups attached to an aromatic ring is 1. The maximum absolute atomic E-state index is 11.3. The molecule has 2 N–H and O–H groups in total. The molecule has 0 atom stereocenters. The summed E-state index contributed by atoms with van der Waals surface area (Å²) in [5.41, 5.74) is 9.23. The zero-order valence-corrected chi connectivity index (χ0v) is 10.3. The van der Waals surface area contributed by atoms with E-state index in [2.05, 4.69) is 0 Å². The van der Waals surface area contributed by atoms with Crippen molar-refractivity contribution in [1.29, 1.82) is 0 Å². The monoisotopic (exact) mass is 247 g/mol. The van der Waals surface area contributed by atoms with Gasteiger partial charge in [0.15, 0.2) is 5.78 Å². The molecule has 0 spiro atoms. The zero-order valence-electron chi connectivity index (χ0n) is 9.51. The van der Waals surface area contributed by atoms with Gasteiger partial charge in [0.2, 0.25) is 0 Å². The number of hydrogen-bond acceptors (Lipinski definition) is 2. The van der Waals surface area contributed by atoms with Crippen molar-refractivity contribution in [3.8, 4) is 11.1 Å². The maximum Gasteiger partial charge on any atom is 0.159 e. The molecular formula is C14H14ClNO. The van der Waals surface area contributed by atoms with E-state index < -0.39 is 0 Å². The summed E-state index contributed by atoms with van der Waals surface area (Å²) in [5.74, 6) is 0.0529. The summed E-state index contributed by atoms with van der Waals surface area (Å²) in [7, 11) is 0. The summed E-state index contributed by atoms with van der Waals surface area (Å²) < 4.78 is 0. The van der Waals surface area contributed by atoms with Gasteiger partial charge >= 0.3 is 0 Å². The van der Waals surface area contributed by atoms with Gasteiger partial charge in [-0.25, -0.2) is 0 Å². The third kappa shape index (κ3) is 2.86. The smallest absolute Gasteiger partial charge is 0.159 e. The number of rotatable bonds is 2. The molecule has 2 nitrogen and oxygen atoms in total. The molecule has 0 aromatic heterocycles. The topological polar surface area (TPSA) is 43.1 Å². The molecular weight excluding hydrogens is 234 g/mol. The van der Waals surface area contributed by atoms with Gasteiger partial charge in [-0.3, -0.25) is 4.79 Å². The Kier molecular flexibility index (Phi) is 4.30. The number of hydrogen-bond donors (Lipinski definition) is 1. The number of halogens is 1. The van der Waals surface area contributed by atoms with Crippen LogP contribution in [-0.2, 0) is 0 Å². The Hall–Kier alpha value is -1.80. The summed E-state index contributed by atoms with van der Waals surface area (Å²) in [6.07, 6.45) is 0. The number of carbonyl (C=O) groups excluding carboxylic acids is 1. The van der Waals surface area contributed by atoms with Crippen molar-refractivity contribution in [3.63, 3.8) is 0 Å². The lowest BCUT2D eigenvalue weighted by atomic mass is 10.00. The number of carbonyl (C=O) groups is 1. The standard InChI is InChI=1S/C14H13NO.ClH/c1-10(16)12-7-8-14(15)13(9-12)11-5-3-2-4-6-11;/h2-9H,15H2,1H3;1H. The van der Waals surface area contributed by atoms with E-state index in [1.165, 1.54) is 0 Å². The summed E-state index contributed by atoms with van der Waals surface area (Å²) >= 11 is 0. The molecule has 0 radical (unpaired) electrons. The van der Waals surface area contributed by atoms with Gasteiger partial charge in [-0.15, -0.1) is 12.4 Å². The largest absolute Gasteiger partial charge is 0.398 e. The fourth-order valence-electron chi connectivity index (χ4n) is 1.64. The Bertz CT molecular complexity index is 523. The van der Waals surface area contributed by atoms with E-state index in [1.54, 1.807) is 19.1 Å². The molecule has 17 heavy (non-hydrogen) atoms. The highest BCUT2D eigenvalue weighted by molar-refractivity contribution is 5.96. The van der Waals surface area contributed by atoms with Crippen LogP contribution in [0.5, 0.6) is 0 Å². The molecule has 0 amide bonds. The first kappa shape index (κ1) is 13.3. The lowest BCUT2D eigenvalue weighted by Gasteiger charge is -2.07. The van der Waals surface area contributed by atoms with Gasteiger partial charge in [0, 0.05) is 16.8 Å². The van der Waals surface area contributed by atoms with E-state index in [1.807, 2.05) is 36.4 Å². The van der Waals surface area contributed by atoms with Crippen LogP contribution in [0.25, 0.3) is 11.1 Å². The van der Waals surface area contributed by atoms with Gasteiger partial charge in [0.05, 0.1) is 0 Å².